The molecule has 124 valence electrons. The highest BCUT2D eigenvalue weighted by molar-refractivity contribution is 5.96. The van der Waals surface area contributed by atoms with Crippen LogP contribution < -0.4 is 10.5 Å². The molecule has 6 heteroatoms. The van der Waals surface area contributed by atoms with Gasteiger partial charge in [0, 0.05) is 6.08 Å². The number of primary amides is 1. The Morgan fingerprint density at radius 3 is 2.50 bits per heavy atom. The minimum absolute atomic E-state index is 0.247. The molecule has 0 unspecified atom stereocenters. The summed E-state index contributed by atoms with van der Waals surface area (Å²) in [4.78, 5) is 21.8. The lowest BCUT2D eigenvalue weighted by atomic mass is 10.1. The second kappa shape index (κ2) is 7.92. The van der Waals surface area contributed by atoms with E-state index in [9.17, 15) is 14.0 Å². The van der Waals surface area contributed by atoms with Gasteiger partial charge in [-0.3, -0.25) is 0 Å². The van der Waals surface area contributed by atoms with Gasteiger partial charge in [-0.25, -0.2) is 14.0 Å². The summed E-state index contributed by atoms with van der Waals surface area (Å²) in [6.45, 7) is 1.95. The first-order valence-electron chi connectivity index (χ1n) is 7.11. The average Bonchev–Trinajstić information content (AvgIpc) is 2.52. The van der Waals surface area contributed by atoms with Gasteiger partial charge in [-0.2, -0.15) is 0 Å². The molecule has 0 heterocycles. The quantitative estimate of drug-likeness (QED) is 0.518. The molecule has 0 atom stereocenters. The number of esters is 1. The molecule has 1 amide bonds. The molecule has 24 heavy (non-hydrogen) atoms. The van der Waals surface area contributed by atoms with Crippen molar-refractivity contribution in [3.05, 3.63) is 71.6 Å². The van der Waals surface area contributed by atoms with Crippen molar-refractivity contribution in [2.24, 2.45) is 5.73 Å². The number of nitrogens with two attached hydrogens (primary N) is 1. The molecule has 0 aromatic heterocycles. The molecule has 0 saturated carbocycles. The summed E-state index contributed by atoms with van der Waals surface area (Å²) in [5.41, 5.74) is 6.86. The summed E-state index contributed by atoms with van der Waals surface area (Å²) in [6.07, 6.45) is 0.0260. The lowest BCUT2D eigenvalue weighted by Crippen LogP contribution is -2.16. The van der Waals surface area contributed by atoms with Crippen LogP contribution in [0.3, 0.4) is 0 Å². The highest BCUT2D eigenvalue weighted by atomic mass is 19.1. The van der Waals surface area contributed by atoms with Gasteiger partial charge in [0.15, 0.2) is 0 Å². The Bertz CT molecular complexity index is 769. The van der Waals surface area contributed by atoms with E-state index in [4.69, 9.17) is 10.5 Å². The van der Waals surface area contributed by atoms with Gasteiger partial charge in [-0.1, -0.05) is 24.3 Å². The van der Waals surface area contributed by atoms with Gasteiger partial charge in [0.05, 0.1) is 0 Å². The van der Waals surface area contributed by atoms with Crippen LogP contribution in [0.5, 0.6) is 5.75 Å². The Labute approximate surface area is 138 Å². The fraction of sp³-hybridized carbons (Fsp3) is 0.111. The van der Waals surface area contributed by atoms with Crippen LogP contribution in [0, 0.1) is 5.82 Å². The van der Waals surface area contributed by atoms with Crippen molar-refractivity contribution in [3.63, 3.8) is 0 Å². The van der Waals surface area contributed by atoms with Gasteiger partial charge in [-0.05, 0) is 47.9 Å². The third-order valence-corrected chi connectivity index (χ3v) is 3.14. The van der Waals surface area contributed by atoms with Crippen LogP contribution in [0.2, 0.25) is 0 Å². The molecule has 0 aliphatic heterocycles. The number of amides is 1. The number of carbonyl (C=O) groups excluding carboxylic acids is 2. The van der Waals surface area contributed by atoms with E-state index in [1.165, 1.54) is 18.2 Å². The number of allylic oxidation sites excluding steroid dienone is 1. The smallest absolute Gasteiger partial charge is 0.412 e. The fourth-order valence-corrected chi connectivity index (χ4v) is 2.00. The van der Waals surface area contributed by atoms with E-state index in [0.717, 1.165) is 11.1 Å². The van der Waals surface area contributed by atoms with Crippen LogP contribution in [0.1, 0.15) is 18.1 Å². The molecule has 5 nitrogen and oxygen atoms in total. The van der Waals surface area contributed by atoms with Gasteiger partial charge in [0.1, 0.15) is 18.2 Å². The summed E-state index contributed by atoms with van der Waals surface area (Å²) in [5.74, 6) is -0.531. The van der Waals surface area contributed by atoms with Crippen molar-refractivity contribution < 1.29 is 23.5 Å². The van der Waals surface area contributed by atoms with Crippen molar-refractivity contribution in [2.75, 3.05) is 0 Å². The van der Waals surface area contributed by atoms with Crippen molar-refractivity contribution in [1.82, 2.24) is 0 Å². The van der Waals surface area contributed by atoms with E-state index in [1.807, 2.05) is 0 Å². The number of rotatable bonds is 5. The first kappa shape index (κ1) is 17.2. The summed E-state index contributed by atoms with van der Waals surface area (Å²) in [7, 11) is 0. The molecule has 0 spiro atoms. The van der Waals surface area contributed by atoms with E-state index in [1.54, 1.807) is 43.3 Å². The van der Waals surface area contributed by atoms with E-state index in [-0.39, 0.29) is 12.4 Å². The molecule has 0 aliphatic rings. The fourth-order valence-electron chi connectivity index (χ4n) is 2.00. The summed E-state index contributed by atoms with van der Waals surface area (Å²) < 4.78 is 22.9. The second-order valence-electron chi connectivity index (χ2n) is 5.01. The topological polar surface area (TPSA) is 78.6 Å². The van der Waals surface area contributed by atoms with Crippen LogP contribution in [0.15, 0.2) is 54.6 Å². The van der Waals surface area contributed by atoms with Crippen LogP contribution in [-0.4, -0.2) is 12.1 Å². The van der Waals surface area contributed by atoms with E-state index in [2.05, 4.69) is 4.74 Å². The number of ether oxygens (including phenoxy) is 2. The first-order chi connectivity index (χ1) is 11.4. The number of benzene rings is 2. The van der Waals surface area contributed by atoms with Gasteiger partial charge >= 0.3 is 12.1 Å². The van der Waals surface area contributed by atoms with E-state index < -0.39 is 12.1 Å². The highest BCUT2D eigenvalue weighted by Crippen LogP contribution is 2.19. The molecule has 2 rings (SSSR count). The molecule has 2 aromatic rings. The number of halogens is 1. The Hall–Kier alpha value is -3.15. The Kier molecular flexibility index (Phi) is 5.68. The normalized spacial score (nSPS) is 11.0. The first-order valence-corrected chi connectivity index (χ1v) is 7.11. The Balaban J connectivity index is 1.98. The van der Waals surface area contributed by atoms with Gasteiger partial charge in [0.2, 0.25) is 0 Å². The maximum Gasteiger partial charge on any atom is 0.412 e. The van der Waals surface area contributed by atoms with Crippen LogP contribution in [0.25, 0.3) is 5.57 Å². The highest BCUT2D eigenvalue weighted by Gasteiger charge is 2.05. The van der Waals surface area contributed by atoms with Gasteiger partial charge in [-0.15, -0.1) is 0 Å². The third kappa shape index (κ3) is 5.24. The molecule has 0 aliphatic carbocycles. The zero-order chi connectivity index (χ0) is 17.5. The van der Waals surface area contributed by atoms with E-state index in [0.29, 0.717) is 11.3 Å². The van der Waals surface area contributed by atoms with Gasteiger partial charge in [0.25, 0.3) is 0 Å². The predicted molar refractivity (Wildman–Crippen MR) is 86.5 cm³/mol. The van der Waals surface area contributed by atoms with Crippen LogP contribution in [-0.2, 0) is 16.1 Å². The monoisotopic (exact) mass is 329 g/mol. The number of hydrogen-bond donors (Lipinski definition) is 1. The van der Waals surface area contributed by atoms with Crippen molar-refractivity contribution in [1.29, 1.82) is 0 Å². The SMILES string of the molecule is CC(=CC(=O)OC(N)=O)c1ccc(OCc2cccc(F)c2)cc1. The Morgan fingerprint density at radius 1 is 1.17 bits per heavy atom. The molecule has 0 bridgehead atoms. The Morgan fingerprint density at radius 2 is 1.88 bits per heavy atom. The zero-order valence-electron chi connectivity index (χ0n) is 13.0. The molecule has 0 saturated heterocycles. The largest absolute Gasteiger partial charge is 0.489 e. The van der Waals surface area contributed by atoms with E-state index >= 15 is 0 Å². The average molecular weight is 329 g/mol. The standard InChI is InChI=1S/C18H16FNO4/c1-12(9-17(21)24-18(20)22)14-5-7-16(8-6-14)23-11-13-3-2-4-15(19)10-13/h2-10H,11H2,1H3,(H2,20,22). The lowest BCUT2D eigenvalue weighted by molar-refractivity contribution is -0.131. The maximum absolute atomic E-state index is 13.1. The summed E-state index contributed by atoms with van der Waals surface area (Å²) in [5, 5.41) is 0. The molecule has 2 aromatic carbocycles. The minimum Gasteiger partial charge on any atom is -0.489 e. The van der Waals surface area contributed by atoms with Crippen LogP contribution >= 0.6 is 0 Å². The molecule has 0 radical (unpaired) electrons. The zero-order valence-corrected chi connectivity index (χ0v) is 13.0. The molecular formula is C18H16FNO4. The third-order valence-electron chi connectivity index (χ3n) is 3.14. The van der Waals surface area contributed by atoms with Crippen molar-refractivity contribution in [2.45, 2.75) is 13.5 Å². The summed E-state index contributed by atoms with van der Waals surface area (Å²) >= 11 is 0. The number of carbonyl (C=O) groups is 2. The second-order valence-corrected chi connectivity index (χ2v) is 5.01. The molecular weight excluding hydrogens is 313 g/mol. The minimum atomic E-state index is -1.15. The van der Waals surface area contributed by atoms with Crippen molar-refractivity contribution in [3.8, 4) is 5.75 Å². The predicted octanol–water partition coefficient (Wildman–Crippen LogP) is 3.43. The lowest BCUT2D eigenvalue weighted by Gasteiger charge is -2.08. The molecule has 0 fully saturated rings. The molecule has 2 N–H and O–H groups in total. The van der Waals surface area contributed by atoms with Crippen molar-refractivity contribution >= 4 is 17.6 Å². The maximum atomic E-state index is 13.1. The van der Waals surface area contributed by atoms with Crippen LogP contribution in [0.4, 0.5) is 9.18 Å². The van der Waals surface area contributed by atoms with Gasteiger partial charge < -0.3 is 15.2 Å². The summed E-state index contributed by atoms with van der Waals surface area (Å²) in [6, 6.07) is 13.1. The number of hydrogen-bond acceptors (Lipinski definition) is 4.